The van der Waals surface area contributed by atoms with Crippen molar-refractivity contribution in [3.8, 4) is 11.8 Å². The molecule has 0 bridgehead atoms. The fraction of sp³-hybridized carbons (Fsp3) is 0.370. The van der Waals surface area contributed by atoms with E-state index >= 15 is 0 Å². The predicted molar refractivity (Wildman–Crippen MR) is 142 cm³/mol. The Morgan fingerprint density at radius 3 is 2.76 bits per heavy atom. The van der Waals surface area contributed by atoms with Gasteiger partial charge in [0.15, 0.2) is 0 Å². The van der Waals surface area contributed by atoms with Crippen molar-refractivity contribution in [2.45, 2.75) is 38.7 Å². The molecule has 1 aromatic carbocycles. The van der Waals surface area contributed by atoms with Crippen LogP contribution in [0.2, 0.25) is 0 Å². The second-order valence-corrected chi connectivity index (χ2v) is 9.48. The third kappa shape index (κ3) is 5.22. The van der Waals surface area contributed by atoms with Crippen LogP contribution in [0.3, 0.4) is 0 Å². The van der Waals surface area contributed by atoms with E-state index in [0.29, 0.717) is 65.8 Å². The van der Waals surface area contributed by atoms with Crippen molar-refractivity contribution in [1.29, 1.82) is 5.26 Å². The number of nitriles is 1. The maximum atomic E-state index is 12.5. The van der Waals surface area contributed by atoms with E-state index in [2.05, 4.69) is 37.0 Å². The summed E-state index contributed by atoms with van der Waals surface area (Å²) in [6.07, 6.45) is 3.25. The summed E-state index contributed by atoms with van der Waals surface area (Å²) in [7, 11) is 0. The minimum Gasteiger partial charge on any atom is -0.410 e. The number of ether oxygens (including phenoxy) is 1. The van der Waals surface area contributed by atoms with Gasteiger partial charge < -0.3 is 30.7 Å². The largest absolute Gasteiger partial charge is 0.415 e. The minimum absolute atomic E-state index is 0.280. The molecular formula is C27H30N8O3. The Balaban J connectivity index is 1.32. The number of anilines is 4. The van der Waals surface area contributed by atoms with Gasteiger partial charge in [-0.25, -0.2) is 14.8 Å². The molecule has 196 valence electrons. The standard InChI is InChI=1S/C27H30N8O3/c1-3-27(37)8-6-18-4-5-22(33-24(18)27)32-23-7-9-30-25(34-23)31-20-14-17(2)21(15-19(20)16-28)38-26(36)35-12-10-29-11-13-35/h4-5,7,9,14-15,29,37H,3,6,8,10-13H2,1-2H3,(H2,30,31,32,33,34). The van der Waals surface area contributed by atoms with E-state index in [4.69, 9.17) is 4.74 Å². The fourth-order valence-corrected chi connectivity index (χ4v) is 4.71. The van der Waals surface area contributed by atoms with E-state index < -0.39 is 11.7 Å². The lowest BCUT2D eigenvalue weighted by Gasteiger charge is -2.26. The number of amides is 1. The topological polar surface area (TPSA) is 148 Å². The highest BCUT2D eigenvalue weighted by molar-refractivity contribution is 5.74. The molecule has 11 nitrogen and oxygen atoms in total. The van der Waals surface area contributed by atoms with Gasteiger partial charge in [0.05, 0.1) is 16.9 Å². The Morgan fingerprint density at radius 2 is 2.00 bits per heavy atom. The molecule has 1 amide bonds. The molecule has 3 heterocycles. The van der Waals surface area contributed by atoms with E-state index in [1.54, 1.807) is 29.3 Å². The number of carbonyl (C=O) groups is 1. The SMILES string of the molecule is CCC1(O)CCc2ccc(Nc3ccnc(Nc4cc(C)c(OC(=O)N5CCNCC5)cc4C#N)n3)nc21. The number of hydrogen-bond donors (Lipinski definition) is 4. The smallest absolute Gasteiger partial charge is 0.410 e. The summed E-state index contributed by atoms with van der Waals surface area (Å²) in [6, 6.07) is 11.0. The Morgan fingerprint density at radius 1 is 1.21 bits per heavy atom. The normalized spacial score (nSPS) is 18.4. The molecule has 4 N–H and O–H groups in total. The lowest BCUT2D eigenvalue weighted by Crippen LogP contribution is -2.47. The zero-order chi connectivity index (χ0) is 26.7. The summed E-state index contributed by atoms with van der Waals surface area (Å²) >= 11 is 0. The van der Waals surface area contributed by atoms with Crippen LogP contribution in [0.4, 0.5) is 28.1 Å². The number of hydrogen-bond acceptors (Lipinski definition) is 10. The Kier molecular flexibility index (Phi) is 7.09. The van der Waals surface area contributed by atoms with Crippen LogP contribution in [-0.4, -0.2) is 57.2 Å². The first-order valence-electron chi connectivity index (χ1n) is 12.7. The van der Waals surface area contributed by atoms with Crippen LogP contribution in [0, 0.1) is 18.3 Å². The van der Waals surface area contributed by atoms with Gasteiger partial charge in [0, 0.05) is 38.4 Å². The van der Waals surface area contributed by atoms with E-state index in [0.717, 1.165) is 25.1 Å². The molecule has 0 radical (unpaired) electrons. The summed E-state index contributed by atoms with van der Waals surface area (Å²) < 4.78 is 5.59. The molecule has 3 aromatic rings. The number of aliphatic hydroxyl groups is 1. The van der Waals surface area contributed by atoms with Crippen LogP contribution in [0.5, 0.6) is 5.75 Å². The average Bonchev–Trinajstić information content (AvgIpc) is 3.27. The van der Waals surface area contributed by atoms with Crippen molar-refractivity contribution in [2.75, 3.05) is 36.8 Å². The molecule has 5 rings (SSSR count). The number of rotatable bonds is 6. The molecule has 11 heteroatoms. The Hall–Kier alpha value is -4.27. The first kappa shape index (κ1) is 25.4. The van der Waals surface area contributed by atoms with E-state index in [1.165, 1.54) is 0 Å². The Bertz CT molecular complexity index is 1400. The van der Waals surface area contributed by atoms with Crippen LogP contribution in [-0.2, 0) is 12.0 Å². The van der Waals surface area contributed by atoms with E-state index in [-0.39, 0.29) is 5.95 Å². The fourth-order valence-electron chi connectivity index (χ4n) is 4.71. The van der Waals surface area contributed by atoms with Gasteiger partial charge in [0.1, 0.15) is 29.1 Å². The highest BCUT2D eigenvalue weighted by Crippen LogP contribution is 2.38. The summed E-state index contributed by atoms with van der Waals surface area (Å²) in [5.41, 5.74) is 2.35. The molecule has 38 heavy (non-hydrogen) atoms. The van der Waals surface area contributed by atoms with Gasteiger partial charge in [0.25, 0.3) is 0 Å². The van der Waals surface area contributed by atoms with Crippen LogP contribution in [0.25, 0.3) is 0 Å². The van der Waals surface area contributed by atoms with Gasteiger partial charge in [-0.2, -0.15) is 10.2 Å². The van der Waals surface area contributed by atoms with Crippen LogP contribution >= 0.6 is 0 Å². The molecule has 2 aromatic heterocycles. The van der Waals surface area contributed by atoms with E-state index in [9.17, 15) is 15.2 Å². The van der Waals surface area contributed by atoms with Crippen molar-refractivity contribution < 1.29 is 14.6 Å². The number of piperazine rings is 1. The molecule has 1 unspecified atom stereocenters. The van der Waals surface area contributed by atoms with Crippen molar-refractivity contribution in [3.63, 3.8) is 0 Å². The van der Waals surface area contributed by atoms with Crippen molar-refractivity contribution in [3.05, 3.63) is 58.9 Å². The zero-order valence-corrected chi connectivity index (χ0v) is 21.4. The average molecular weight is 515 g/mol. The van der Waals surface area contributed by atoms with E-state index in [1.807, 2.05) is 26.0 Å². The molecular weight excluding hydrogens is 484 g/mol. The molecule has 1 aliphatic carbocycles. The molecule has 1 aliphatic heterocycles. The first-order valence-corrected chi connectivity index (χ1v) is 12.7. The van der Waals surface area contributed by atoms with Crippen LogP contribution in [0.15, 0.2) is 36.5 Å². The molecule has 1 atom stereocenters. The zero-order valence-electron chi connectivity index (χ0n) is 21.4. The van der Waals surface area contributed by atoms with Gasteiger partial charge in [-0.3, -0.25) is 0 Å². The number of aromatic nitrogens is 3. The molecule has 0 spiro atoms. The lowest BCUT2D eigenvalue weighted by molar-refractivity contribution is 0.0307. The highest BCUT2D eigenvalue weighted by Gasteiger charge is 2.36. The minimum atomic E-state index is -0.900. The van der Waals surface area contributed by atoms with Gasteiger partial charge in [-0.15, -0.1) is 0 Å². The third-order valence-electron chi connectivity index (χ3n) is 6.98. The van der Waals surface area contributed by atoms with Gasteiger partial charge in [-0.1, -0.05) is 13.0 Å². The molecule has 1 saturated heterocycles. The van der Waals surface area contributed by atoms with Crippen molar-refractivity contribution >= 4 is 29.4 Å². The number of fused-ring (bicyclic) bond motifs is 1. The predicted octanol–water partition coefficient (Wildman–Crippen LogP) is 3.49. The maximum Gasteiger partial charge on any atom is 0.415 e. The summed E-state index contributed by atoms with van der Waals surface area (Å²) in [6.45, 7) is 6.35. The number of benzene rings is 1. The summed E-state index contributed by atoms with van der Waals surface area (Å²) in [5.74, 6) is 1.69. The van der Waals surface area contributed by atoms with Gasteiger partial charge in [0.2, 0.25) is 5.95 Å². The van der Waals surface area contributed by atoms with Gasteiger partial charge in [-0.05, 0) is 55.5 Å². The number of nitrogens with zero attached hydrogens (tertiary/aromatic N) is 5. The number of nitrogens with one attached hydrogen (secondary N) is 3. The monoisotopic (exact) mass is 514 g/mol. The lowest BCUT2D eigenvalue weighted by atomic mass is 9.98. The third-order valence-corrected chi connectivity index (χ3v) is 6.98. The van der Waals surface area contributed by atoms with Crippen LogP contribution < -0.4 is 20.7 Å². The van der Waals surface area contributed by atoms with Gasteiger partial charge >= 0.3 is 6.09 Å². The number of pyridine rings is 1. The molecule has 1 fully saturated rings. The number of carbonyl (C=O) groups excluding carboxylic acids is 1. The molecule has 2 aliphatic rings. The summed E-state index contributed by atoms with van der Waals surface area (Å²) in [4.78, 5) is 27.6. The summed E-state index contributed by atoms with van der Waals surface area (Å²) in [5, 5.41) is 30.1. The van der Waals surface area contributed by atoms with Crippen molar-refractivity contribution in [2.24, 2.45) is 0 Å². The maximum absolute atomic E-state index is 12.5. The Labute approximate surface area is 220 Å². The quantitative estimate of drug-likeness (QED) is 0.385. The van der Waals surface area contributed by atoms with Crippen molar-refractivity contribution in [1.82, 2.24) is 25.2 Å². The molecule has 0 saturated carbocycles. The first-order chi connectivity index (χ1) is 18.4. The second kappa shape index (κ2) is 10.6. The second-order valence-electron chi connectivity index (χ2n) is 9.48. The number of aryl methyl sites for hydroxylation is 2. The van der Waals surface area contributed by atoms with Crippen LogP contribution in [0.1, 0.15) is 42.1 Å². The highest BCUT2D eigenvalue weighted by atomic mass is 16.6.